The minimum atomic E-state index is -1.52. The number of carboxylic acid groups (broad SMARTS) is 1. The van der Waals surface area contributed by atoms with Crippen LogP contribution in [-0.2, 0) is 33.3 Å². The first-order valence-corrected chi connectivity index (χ1v) is 39.3. The summed E-state index contributed by atoms with van der Waals surface area (Å²) in [6, 6.07) is 0. The highest BCUT2D eigenvalue weighted by atomic mass is 16.7. The molecule has 9 nitrogen and oxygen atoms in total. The maximum Gasteiger partial charge on any atom is 0.361 e. The second kappa shape index (κ2) is 76.4. The topological polar surface area (TPSA) is 108 Å². The third-order valence-corrected chi connectivity index (χ3v) is 16.5. The van der Waals surface area contributed by atoms with Gasteiger partial charge in [-0.25, -0.2) is 4.79 Å². The molecule has 0 aliphatic rings. The largest absolute Gasteiger partial charge is 0.477 e. The summed E-state index contributed by atoms with van der Waals surface area (Å²) in [5.41, 5.74) is 0. The molecule has 0 rings (SSSR count). The molecule has 0 bridgehead atoms. The Morgan fingerprint density at radius 3 is 0.825 bits per heavy atom. The lowest BCUT2D eigenvalue weighted by molar-refractivity contribution is -0.870. The minimum absolute atomic E-state index is 0.181. The molecule has 2 unspecified atom stereocenters. The van der Waals surface area contributed by atoms with E-state index < -0.39 is 24.3 Å². The summed E-state index contributed by atoms with van der Waals surface area (Å²) in [5.74, 6) is -2.01. The average Bonchev–Trinajstić information content (AvgIpc) is 3.27. The number of hydrogen-bond acceptors (Lipinski definition) is 7. The number of aliphatic carboxylic acids is 1. The van der Waals surface area contributed by atoms with Crippen molar-refractivity contribution in [2.24, 2.45) is 0 Å². The zero-order valence-corrected chi connectivity index (χ0v) is 62.9. The predicted molar refractivity (Wildman–Crippen MR) is 419 cm³/mol. The molecule has 0 saturated carbocycles. The highest BCUT2D eigenvalue weighted by molar-refractivity contribution is 5.71. The van der Waals surface area contributed by atoms with Gasteiger partial charge >= 0.3 is 17.9 Å². The summed E-state index contributed by atoms with van der Waals surface area (Å²) >= 11 is 0. The minimum Gasteiger partial charge on any atom is -0.477 e. The van der Waals surface area contributed by atoms with Crippen molar-refractivity contribution in [3.05, 3.63) is 170 Å². The van der Waals surface area contributed by atoms with Crippen molar-refractivity contribution in [3.8, 4) is 0 Å². The molecule has 0 aromatic rings. The molecule has 0 aromatic carbocycles. The van der Waals surface area contributed by atoms with Gasteiger partial charge in [0.1, 0.15) is 13.2 Å². The number of unbranched alkanes of at least 4 members (excludes halogenated alkanes) is 28. The molecule has 9 heteroatoms. The van der Waals surface area contributed by atoms with Crippen LogP contribution in [0.2, 0.25) is 0 Å². The molecule has 97 heavy (non-hydrogen) atoms. The fraction of sp³-hybridized carbons (Fsp3) is 0.648. The molecule has 550 valence electrons. The third-order valence-electron chi connectivity index (χ3n) is 16.5. The molecule has 1 N–H and O–H groups in total. The molecule has 0 aliphatic carbocycles. The van der Waals surface area contributed by atoms with E-state index in [1.54, 1.807) is 0 Å². The quantitative estimate of drug-likeness (QED) is 0.0211. The number of hydrogen-bond donors (Lipinski definition) is 1. The normalized spacial score (nSPS) is 13.6. The molecule has 0 aromatic heterocycles. The maximum absolute atomic E-state index is 13.0. The number of ether oxygens (including phenoxy) is 4. The highest BCUT2D eigenvalue weighted by Crippen LogP contribution is 2.18. The molecule has 0 fully saturated rings. The van der Waals surface area contributed by atoms with Crippen molar-refractivity contribution < 1.29 is 42.9 Å². The molecule has 0 radical (unpaired) electrons. The van der Waals surface area contributed by atoms with E-state index in [2.05, 4.69) is 184 Å². The number of carbonyl (C=O) groups excluding carboxylic acids is 2. The van der Waals surface area contributed by atoms with Crippen molar-refractivity contribution >= 4 is 17.9 Å². The molecule has 0 aliphatic heterocycles. The van der Waals surface area contributed by atoms with Gasteiger partial charge < -0.3 is 28.5 Å². The summed E-state index contributed by atoms with van der Waals surface area (Å²) in [4.78, 5) is 37.7. The predicted octanol–water partition coefficient (Wildman–Crippen LogP) is 25.4. The Hall–Kier alpha value is -5.35. The van der Waals surface area contributed by atoms with Gasteiger partial charge in [-0.05, 0) is 128 Å². The van der Waals surface area contributed by atoms with E-state index >= 15 is 0 Å². The molecule has 0 spiro atoms. The van der Waals surface area contributed by atoms with Crippen LogP contribution in [0.4, 0.5) is 0 Å². The van der Waals surface area contributed by atoms with Gasteiger partial charge in [0, 0.05) is 12.8 Å². The maximum atomic E-state index is 13.0. The molecule has 0 saturated heterocycles. The smallest absolute Gasteiger partial charge is 0.361 e. The zero-order valence-electron chi connectivity index (χ0n) is 62.9. The van der Waals surface area contributed by atoms with Crippen LogP contribution >= 0.6 is 0 Å². The first-order valence-electron chi connectivity index (χ1n) is 39.3. The molecule has 0 heterocycles. The third kappa shape index (κ3) is 77.9. The van der Waals surface area contributed by atoms with Crippen LogP contribution in [0.3, 0.4) is 0 Å². The van der Waals surface area contributed by atoms with Crippen LogP contribution in [0.25, 0.3) is 0 Å². The Kier molecular flexibility index (Phi) is 72.2. The van der Waals surface area contributed by atoms with E-state index in [1.165, 1.54) is 141 Å². The van der Waals surface area contributed by atoms with Crippen molar-refractivity contribution in [2.75, 3.05) is 47.5 Å². The summed E-state index contributed by atoms with van der Waals surface area (Å²) in [7, 11) is 5.98. The Balaban J connectivity index is 4.07. The average molecular weight is 1350 g/mol. The summed E-state index contributed by atoms with van der Waals surface area (Å²) in [6.07, 6.45) is 112. The zero-order chi connectivity index (χ0) is 70.4. The molecule has 0 amide bonds. The van der Waals surface area contributed by atoms with Crippen LogP contribution in [0.1, 0.15) is 309 Å². The van der Waals surface area contributed by atoms with E-state index in [1.807, 2.05) is 21.1 Å². The van der Waals surface area contributed by atoms with Gasteiger partial charge in [0.2, 0.25) is 0 Å². The van der Waals surface area contributed by atoms with Gasteiger partial charge in [-0.2, -0.15) is 0 Å². The number of likely N-dealkylation sites (N-methyl/N-ethyl adjacent to an activating group) is 1. The Morgan fingerprint density at radius 2 is 0.557 bits per heavy atom. The second-order valence-electron chi connectivity index (χ2n) is 26.9. The van der Waals surface area contributed by atoms with Crippen molar-refractivity contribution in [2.45, 2.75) is 322 Å². The summed E-state index contributed by atoms with van der Waals surface area (Å²) < 4.78 is 23.0. The highest BCUT2D eigenvalue weighted by Gasteiger charge is 2.25. The van der Waals surface area contributed by atoms with Crippen molar-refractivity contribution in [3.63, 3.8) is 0 Å². The second-order valence-corrected chi connectivity index (χ2v) is 26.9. The van der Waals surface area contributed by atoms with Gasteiger partial charge in [0.25, 0.3) is 6.29 Å². The number of carboxylic acids is 1. The molecule has 2 atom stereocenters. The van der Waals surface area contributed by atoms with Crippen molar-refractivity contribution in [1.29, 1.82) is 0 Å². The van der Waals surface area contributed by atoms with E-state index in [-0.39, 0.29) is 38.6 Å². The Morgan fingerprint density at radius 1 is 0.309 bits per heavy atom. The van der Waals surface area contributed by atoms with Crippen LogP contribution in [0.5, 0.6) is 0 Å². The standard InChI is InChI=1S/C88H145NO8/c1-6-8-10-12-14-16-18-20-22-24-26-28-30-32-34-36-38-39-40-41-42-43-44-45-46-47-49-51-53-55-57-59-61-63-65-67-69-71-73-75-77-79-86(91)97-84(83-96-88(87(92)93)94-81-80-89(3,4)5)82-95-85(90)78-76-74-72-70-68-66-64-62-60-58-56-54-52-50-48-37-35-33-31-29-27-25-23-21-19-17-15-13-11-9-7-2/h8-11,14-17,20-23,26-29,32-35,38-39,41-42,48,50,54,56,84,88H,6-7,12-13,18-19,24-25,30-31,36-37,40,43-47,49,51-53,55,57-83H2,1-5H3/p+1/b10-8-,11-9-,16-14-,17-15-,22-20-,23-21-,28-26-,29-27-,34-32-,35-33-,39-38-,42-41-,50-48-,56-54-. The van der Waals surface area contributed by atoms with Crippen molar-refractivity contribution in [1.82, 2.24) is 0 Å². The first kappa shape index (κ1) is 91.6. The van der Waals surface area contributed by atoms with E-state index in [9.17, 15) is 19.5 Å². The van der Waals surface area contributed by atoms with Crippen LogP contribution in [0.15, 0.2) is 170 Å². The van der Waals surface area contributed by atoms with Crippen LogP contribution in [0, 0.1) is 0 Å². The monoisotopic (exact) mass is 1350 g/mol. The number of allylic oxidation sites excluding steroid dienone is 28. The number of carbonyl (C=O) groups is 3. The SMILES string of the molecule is CC/C=C\C/C=C\C/C=C\C/C=C\C/C=C\C/C=C\C/C=C\CCCCCCCCCCCCCCCCCCCCCC(=O)OC(COC(=O)CCCCCCCCCCC/C=C\C/C=C\C/C=C\C/C=C\C/C=C\C/C=C\C/C=C\CC)COC(OCC[N+](C)(C)C)C(=O)O. The number of quaternary nitrogens is 1. The fourth-order valence-corrected chi connectivity index (χ4v) is 10.6. The Bertz CT molecular complexity index is 2210. The molecular weight excluding hydrogens is 1200 g/mol. The number of nitrogens with zero attached hydrogens (tertiary/aromatic N) is 1. The van der Waals surface area contributed by atoms with E-state index in [4.69, 9.17) is 18.9 Å². The van der Waals surface area contributed by atoms with Gasteiger partial charge in [0.05, 0.1) is 34.4 Å². The van der Waals surface area contributed by atoms with Gasteiger partial charge in [-0.1, -0.05) is 338 Å². The Labute approximate surface area is 597 Å². The number of esters is 2. The van der Waals surface area contributed by atoms with Gasteiger partial charge in [0.15, 0.2) is 6.10 Å². The lowest BCUT2D eigenvalue weighted by Crippen LogP contribution is -2.40. The van der Waals surface area contributed by atoms with Gasteiger partial charge in [-0.15, -0.1) is 0 Å². The van der Waals surface area contributed by atoms with Crippen LogP contribution < -0.4 is 0 Å². The first-order chi connectivity index (χ1) is 47.6. The molecular formula is C88H146NO8+. The fourth-order valence-electron chi connectivity index (χ4n) is 10.6. The number of rotatable bonds is 71. The van der Waals surface area contributed by atoms with Crippen LogP contribution in [-0.4, -0.2) is 87.4 Å². The lowest BCUT2D eigenvalue weighted by Gasteiger charge is -2.25. The summed E-state index contributed by atoms with van der Waals surface area (Å²) in [5, 5.41) is 9.77. The van der Waals surface area contributed by atoms with E-state index in [0.717, 1.165) is 135 Å². The lowest BCUT2D eigenvalue weighted by atomic mass is 10.0. The van der Waals surface area contributed by atoms with E-state index in [0.29, 0.717) is 17.4 Å². The van der Waals surface area contributed by atoms with Gasteiger partial charge in [-0.3, -0.25) is 9.59 Å². The summed E-state index contributed by atoms with van der Waals surface area (Å²) in [6.45, 7) is 4.65.